The second-order valence-corrected chi connectivity index (χ2v) is 3.99. The lowest BCUT2D eigenvalue weighted by molar-refractivity contribution is -0.117. The molecule has 0 radical (unpaired) electrons. The maximum absolute atomic E-state index is 10.8. The largest absolute Gasteiger partial charge is 0.493 e. The molecule has 0 aliphatic heterocycles. The quantitative estimate of drug-likeness (QED) is 0.695. The molecule has 1 aromatic carbocycles. The maximum atomic E-state index is 10.8. The van der Waals surface area contributed by atoms with Crippen molar-refractivity contribution in [3.8, 4) is 17.6 Å². The van der Waals surface area contributed by atoms with Crippen LogP contribution < -0.4 is 9.47 Å². The molecule has 0 saturated carbocycles. The highest BCUT2D eigenvalue weighted by molar-refractivity contribution is 5.75. The summed E-state index contributed by atoms with van der Waals surface area (Å²) in [6.07, 6.45) is 2.24. The van der Waals surface area contributed by atoms with Gasteiger partial charge in [-0.25, -0.2) is 0 Å². The van der Waals surface area contributed by atoms with E-state index in [4.69, 9.17) is 14.7 Å². The van der Waals surface area contributed by atoms with E-state index >= 15 is 0 Å². The molecule has 0 heterocycles. The number of nitrogens with zero attached hydrogens (tertiary/aromatic N) is 1. The minimum Gasteiger partial charge on any atom is -0.493 e. The zero-order valence-corrected chi connectivity index (χ0v) is 10.7. The number of ketones is 1. The standard InChI is InChI=1S/C14H17NO3/c1-11(16)5-3-4-8-18-13-7-6-12(10-15)9-14(13)17-2/h6-7,9H,3-5,8H2,1-2H3. The first-order valence-corrected chi connectivity index (χ1v) is 5.87. The Morgan fingerprint density at radius 3 is 2.72 bits per heavy atom. The summed E-state index contributed by atoms with van der Waals surface area (Å²) in [5.41, 5.74) is 0.538. The Labute approximate surface area is 107 Å². The third-order valence-electron chi connectivity index (χ3n) is 2.47. The fourth-order valence-electron chi connectivity index (χ4n) is 1.51. The number of nitriles is 1. The van der Waals surface area contributed by atoms with E-state index in [1.807, 2.05) is 6.07 Å². The Kier molecular flexibility index (Phi) is 5.72. The fourth-order valence-corrected chi connectivity index (χ4v) is 1.51. The van der Waals surface area contributed by atoms with Crippen LogP contribution in [0.25, 0.3) is 0 Å². The van der Waals surface area contributed by atoms with Crippen LogP contribution in [0.3, 0.4) is 0 Å². The molecule has 18 heavy (non-hydrogen) atoms. The summed E-state index contributed by atoms with van der Waals surface area (Å²) >= 11 is 0. The number of rotatable bonds is 7. The molecule has 0 aliphatic carbocycles. The van der Waals surface area contributed by atoms with E-state index in [2.05, 4.69) is 0 Å². The molecular formula is C14H17NO3. The highest BCUT2D eigenvalue weighted by Gasteiger charge is 2.05. The molecule has 0 N–H and O–H groups in total. The molecule has 4 nitrogen and oxygen atoms in total. The summed E-state index contributed by atoms with van der Waals surface area (Å²) in [5.74, 6) is 1.38. The lowest BCUT2D eigenvalue weighted by Crippen LogP contribution is -2.00. The van der Waals surface area contributed by atoms with Crippen LogP contribution in [-0.2, 0) is 4.79 Å². The van der Waals surface area contributed by atoms with Crippen molar-refractivity contribution in [3.05, 3.63) is 23.8 Å². The van der Waals surface area contributed by atoms with Crippen molar-refractivity contribution in [2.75, 3.05) is 13.7 Å². The molecule has 0 saturated heterocycles. The van der Waals surface area contributed by atoms with Gasteiger partial charge < -0.3 is 14.3 Å². The number of unbranched alkanes of at least 4 members (excludes halogenated alkanes) is 1. The lowest BCUT2D eigenvalue weighted by Gasteiger charge is -2.10. The van der Waals surface area contributed by atoms with Gasteiger partial charge in [-0.15, -0.1) is 0 Å². The van der Waals surface area contributed by atoms with Crippen molar-refractivity contribution >= 4 is 5.78 Å². The number of ether oxygens (including phenoxy) is 2. The molecule has 0 bridgehead atoms. The Bertz CT molecular complexity index is 449. The van der Waals surface area contributed by atoms with Crippen molar-refractivity contribution in [3.63, 3.8) is 0 Å². The summed E-state index contributed by atoms with van der Waals surface area (Å²) in [4.78, 5) is 10.8. The molecule has 1 aromatic rings. The molecule has 0 atom stereocenters. The van der Waals surface area contributed by atoms with Gasteiger partial charge >= 0.3 is 0 Å². The van der Waals surface area contributed by atoms with E-state index in [1.54, 1.807) is 32.2 Å². The SMILES string of the molecule is COc1cc(C#N)ccc1OCCCCC(C)=O. The number of Topliss-reactive ketones (excluding diaryl/α,β-unsaturated/α-hetero) is 1. The van der Waals surface area contributed by atoms with Gasteiger partial charge in [0.25, 0.3) is 0 Å². The lowest BCUT2D eigenvalue weighted by atomic mass is 10.2. The van der Waals surface area contributed by atoms with Gasteiger partial charge in [0.2, 0.25) is 0 Å². The first kappa shape index (κ1) is 14.0. The zero-order valence-electron chi connectivity index (χ0n) is 10.7. The van der Waals surface area contributed by atoms with Gasteiger partial charge in [-0.2, -0.15) is 5.26 Å². The topological polar surface area (TPSA) is 59.3 Å². The van der Waals surface area contributed by atoms with Crippen molar-refractivity contribution in [1.29, 1.82) is 5.26 Å². The molecule has 0 unspecified atom stereocenters. The molecule has 0 amide bonds. The normalized spacial score (nSPS) is 9.61. The summed E-state index contributed by atoms with van der Waals surface area (Å²) in [6, 6.07) is 7.10. The highest BCUT2D eigenvalue weighted by Crippen LogP contribution is 2.27. The Hall–Kier alpha value is -2.02. The van der Waals surface area contributed by atoms with E-state index < -0.39 is 0 Å². The van der Waals surface area contributed by atoms with Gasteiger partial charge in [-0.3, -0.25) is 0 Å². The van der Waals surface area contributed by atoms with Crippen molar-refractivity contribution < 1.29 is 14.3 Å². The smallest absolute Gasteiger partial charge is 0.162 e. The molecular weight excluding hydrogens is 230 g/mol. The average molecular weight is 247 g/mol. The van der Waals surface area contributed by atoms with Gasteiger partial charge in [-0.05, 0) is 31.9 Å². The van der Waals surface area contributed by atoms with E-state index in [1.165, 1.54) is 0 Å². The number of hydrogen-bond donors (Lipinski definition) is 0. The van der Waals surface area contributed by atoms with E-state index in [9.17, 15) is 4.79 Å². The average Bonchev–Trinajstić information content (AvgIpc) is 2.38. The van der Waals surface area contributed by atoms with Crippen LogP contribution in [-0.4, -0.2) is 19.5 Å². The van der Waals surface area contributed by atoms with Crippen molar-refractivity contribution in [2.45, 2.75) is 26.2 Å². The van der Waals surface area contributed by atoms with Crippen LogP contribution in [0.4, 0.5) is 0 Å². The number of benzene rings is 1. The van der Waals surface area contributed by atoms with E-state index in [0.717, 1.165) is 12.8 Å². The van der Waals surface area contributed by atoms with Gasteiger partial charge in [0, 0.05) is 12.5 Å². The number of methoxy groups -OCH3 is 1. The van der Waals surface area contributed by atoms with Gasteiger partial charge in [0.1, 0.15) is 5.78 Å². The number of carbonyl (C=O) groups is 1. The van der Waals surface area contributed by atoms with Crippen molar-refractivity contribution in [1.82, 2.24) is 0 Å². The summed E-state index contributed by atoms with van der Waals surface area (Å²) in [7, 11) is 1.54. The van der Waals surface area contributed by atoms with Crippen LogP contribution in [0, 0.1) is 11.3 Å². The molecule has 96 valence electrons. The third-order valence-corrected chi connectivity index (χ3v) is 2.47. The molecule has 0 aliphatic rings. The zero-order chi connectivity index (χ0) is 13.4. The highest BCUT2D eigenvalue weighted by atomic mass is 16.5. The summed E-state index contributed by atoms with van der Waals surface area (Å²) < 4.78 is 10.7. The third kappa shape index (κ3) is 4.46. The first-order chi connectivity index (χ1) is 8.67. The molecule has 0 fully saturated rings. The predicted molar refractivity (Wildman–Crippen MR) is 67.7 cm³/mol. The number of hydrogen-bond acceptors (Lipinski definition) is 4. The van der Waals surface area contributed by atoms with Gasteiger partial charge in [0.15, 0.2) is 11.5 Å². The molecule has 0 aromatic heterocycles. The Morgan fingerprint density at radius 2 is 2.11 bits per heavy atom. The van der Waals surface area contributed by atoms with Crippen molar-refractivity contribution in [2.24, 2.45) is 0 Å². The molecule has 1 rings (SSSR count). The van der Waals surface area contributed by atoms with Crippen LogP contribution in [0.5, 0.6) is 11.5 Å². The summed E-state index contributed by atoms with van der Waals surface area (Å²) in [5, 5.41) is 8.77. The predicted octanol–water partition coefficient (Wildman–Crippen LogP) is 2.70. The Balaban J connectivity index is 2.47. The van der Waals surface area contributed by atoms with E-state index in [-0.39, 0.29) is 5.78 Å². The van der Waals surface area contributed by atoms with Crippen LogP contribution >= 0.6 is 0 Å². The Morgan fingerprint density at radius 1 is 1.33 bits per heavy atom. The van der Waals surface area contributed by atoms with Gasteiger partial charge in [0.05, 0.1) is 25.3 Å². The maximum Gasteiger partial charge on any atom is 0.162 e. The van der Waals surface area contributed by atoms with Crippen LogP contribution in [0.1, 0.15) is 31.7 Å². The van der Waals surface area contributed by atoms with Crippen LogP contribution in [0.15, 0.2) is 18.2 Å². The number of carbonyl (C=O) groups excluding carboxylic acids is 1. The molecule has 4 heteroatoms. The second kappa shape index (κ2) is 7.33. The summed E-state index contributed by atoms with van der Waals surface area (Å²) in [6.45, 7) is 2.13. The van der Waals surface area contributed by atoms with Crippen LogP contribution in [0.2, 0.25) is 0 Å². The minimum absolute atomic E-state index is 0.200. The minimum atomic E-state index is 0.200. The van der Waals surface area contributed by atoms with Gasteiger partial charge in [-0.1, -0.05) is 0 Å². The van der Waals surface area contributed by atoms with E-state index in [0.29, 0.717) is 30.1 Å². The molecule has 0 spiro atoms. The monoisotopic (exact) mass is 247 g/mol. The fraction of sp³-hybridized carbons (Fsp3) is 0.429. The first-order valence-electron chi connectivity index (χ1n) is 5.87. The second-order valence-electron chi connectivity index (χ2n) is 3.99.